The molecule has 0 aliphatic carbocycles. The number of benzene rings is 1. The van der Waals surface area contributed by atoms with Gasteiger partial charge in [0.1, 0.15) is 6.10 Å². The van der Waals surface area contributed by atoms with Crippen molar-refractivity contribution >= 4 is 5.97 Å². The number of allylic oxidation sites excluding steroid dienone is 1. The summed E-state index contributed by atoms with van der Waals surface area (Å²) in [6.45, 7) is 4.79. The SMILES string of the molecule is C=CC[C@H]1CO[C@H]2[C@@H]1OC[C@@H]2OC(=O)c1ccccc1. The largest absolute Gasteiger partial charge is 0.453 e. The van der Waals surface area contributed by atoms with Gasteiger partial charge in [0.2, 0.25) is 0 Å². The van der Waals surface area contributed by atoms with Gasteiger partial charge in [-0.15, -0.1) is 6.58 Å². The first kappa shape index (κ1) is 13.3. The van der Waals surface area contributed by atoms with E-state index in [2.05, 4.69) is 6.58 Å². The van der Waals surface area contributed by atoms with E-state index in [9.17, 15) is 4.79 Å². The Balaban J connectivity index is 1.63. The van der Waals surface area contributed by atoms with Crippen LogP contribution in [0.15, 0.2) is 43.0 Å². The van der Waals surface area contributed by atoms with Crippen molar-refractivity contribution in [1.82, 2.24) is 0 Å². The average molecular weight is 274 g/mol. The smallest absolute Gasteiger partial charge is 0.338 e. The monoisotopic (exact) mass is 274 g/mol. The summed E-state index contributed by atoms with van der Waals surface area (Å²) in [5.41, 5.74) is 0.552. The predicted molar refractivity (Wildman–Crippen MR) is 73.4 cm³/mol. The molecule has 0 radical (unpaired) electrons. The maximum Gasteiger partial charge on any atom is 0.338 e. The van der Waals surface area contributed by atoms with Gasteiger partial charge in [-0.2, -0.15) is 0 Å². The van der Waals surface area contributed by atoms with Gasteiger partial charge >= 0.3 is 5.97 Å². The molecule has 0 spiro atoms. The van der Waals surface area contributed by atoms with Gasteiger partial charge in [0, 0.05) is 5.92 Å². The molecule has 0 N–H and O–H groups in total. The van der Waals surface area contributed by atoms with Crippen LogP contribution < -0.4 is 0 Å². The van der Waals surface area contributed by atoms with Gasteiger partial charge in [0.15, 0.2) is 6.10 Å². The first-order chi connectivity index (χ1) is 9.79. The first-order valence-corrected chi connectivity index (χ1v) is 6.89. The van der Waals surface area contributed by atoms with Crippen molar-refractivity contribution < 1.29 is 19.0 Å². The van der Waals surface area contributed by atoms with Gasteiger partial charge in [0.25, 0.3) is 0 Å². The Bertz CT molecular complexity index is 485. The summed E-state index contributed by atoms with van der Waals surface area (Å²) in [6.07, 6.45) is 2.29. The van der Waals surface area contributed by atoms with E-state index in [1.807, 2.05) is 24.3 Å². The number of fused-ring (bicyclic) bond motifs is 1. The van der Waals surface area contributed by atoms with Gasteiger partial charge in [-0.05, 0) is 18.6 Å². The molecule has 2 saturated heterocycles. The minimum atomic E-state index is -0.323. The van der Waals surface area contributed by atoms with E-state index in [-0.39, 0.29) is 24.3 Å². The lowest BCUT2D eigenvalue weighted by atomic mass is 9.98. The van der Waals surface area contributed by atoms with Crippen LogP contribution in [0.4, 0.5) is 0 Å². The second kappa shape index (κ2) is 5.77. The van der Waals surface area contributed by atoms with E-state index in [0.29, 0.717) is 24.7 Å². The van der Waals surface area contributed by atoms with Gasteiger partial charge in [-0.1, -0.05) is 24.3 Å². The van der Waals surface area contributed by atoms with E-state index >= 15 is 0 Å². The number of esters is 1. The van der Waals surface area contributed by atoms with Crippen molar-refractivity contribution in [2.75, 3.05) is 13.2 Å². The molecule has 0 aromatic heterocycles. The van der Waals surface area contributed by atoms with Crippen LogP contribution in [-0.2, 0) is 14.2 Å². The molecule has 4 heteroatoms. The Morgan fingerprint density at radius 2 is 2.00 bits per heavy atom. The lowest BCUT2D eigenvalue weighted by Crippen LogP contribution is -2.33. The maximum absolute atomic E-state index is 12.0. The average Bonchev–Trinajstić information content (AvgIpc) is 3.05. The van der Waals surface area contributed by atoms with Crippen molar-refractivity contribution in [3.05, 3.63) is 48.6 Å². The number of hydrogen-bond donors (Lipinski definition) is 0. The van der Waals surface area contributed by atoms with Crippen LogP contribution in [0.3, 0.4) is 0 Å². The number of carbonyl (C=O) groups excluding carboxylic acids is 1. The predicted octanol–water partition coefficient (Wildman–Crippen LogP) is 2.20. The topological polar surface area (TPSA) is 44.8 Å². The fourth-order valence-electron chi connectivity index (χ4n) is 2.84. The second-order valence-corrected chi connectivity index (χ2v) is 5.19. The highest BCUT2D eigenvalue weighted by Crippen LogP contribution is 2.34. The Morgan fingerprint density at radius 3 is 2.75 bits per heavy atom. The molecular formula is C16H18O4. The van der Waals surface area contributed by atoms with Crippen molar-refractivity contribution in [2.24, 2.45) is 5.92 Å². The van der Waals surface area contributed by atoms with Crippen molar-refractivity contribution in [3.63, 3.8) is 0 Å². The van der Waals surface area contributed by atoms with E-state index in [0.717, 1.165) is 6.42 Å². The Kier molecular flexibility index (Phi) is 3.85. The van der Waals surface area contributed by atoms with Gasteiger partial charge in [-0.3, -0.25) is 0 Å². The maximum atomic E-state index is 12.0. The van der Waals surface area contributed by atoms with E-state index < -0.39 is 0 Å². The molecule has 4 nitrogen and oxygen atoms in total. The minimum Gasteiger partial charge on any atom is -0.453 e. The van der Waals surface area contributed by atoms with Crippen LogP contribution in [0.2, 0.25) is 0 Å². The number of rotatable bonds is 4. The Morgan fingerprint density at radius 1 is 1.25 bits per heavy atom. The number of hydrogen-bond acceptors (Lipinski definition) is 4. The Hall–Kier alpha value is -1.65. The summed E-state index contributed by atoms with van der Waals surface area (Å²) < 4.78 is 17.0. The highest BCUT2D eigenvalue weighted by molar-refractivity contribution is 5.89. The number of ether oxygens (including phenoxy) is 3. The molecule has 2 aliphatic heterocycles. The molecule has 4 atom stereocenters. The van der Waals surface area contributed by atoms with Crippen LogP contribution >= 0.6 is 0 Å². The van der Waals surface area contributed by atoms with Crippen LogP contribution in [0.5, 0.6) is 0 Å². The molecule has 2 aliphatic rings. The summed E-state index contributed by atoms with van der Waals surface area (Å²) in [7, 11) is 0. The quantitative estimate of drug-likeness (QED) is 0.623. The van der Waals surface area contributed by atoms with Crippen LogP contribution in [0, 0.1) is 5.92 Å². The fourth-order valence-corrected chi connectivity index (χ4v) is 2.84. The zero-order chi connectivity index (χ0) is 13.9. The normalized spacial score (nSPS) is 31.8. The third kappa shape index (κ3) is 2.49. The molecule has 1 aromatic carbocycles. The van der Waals surface area contributed by atoms with Crippen molar-refractivity contribution in [2.45, 2.75) is 24.7 Å². The molecular weight excluding hydrogens is 256 g/mol. The molecule has 2 fully saturated rings. The van der Waals surface area contributed by atoms with Crippen LogP contribution in [0.1, 0.15) is 16.8 Å². The van der Waals surface area contributed by atoms with Crippen LogP contribution in [-0.4, -0.2) is 37.5 Å². The Labute approximate surface area is 118 Å². The van der Waals surface area contributed by atoms with Gasteiger partial charge in [0.05, 0.1) is 24.9 Å². The molecule has 20 heavy (non-hydrogen) atoms. The molecule has 106 valence electrons. The van der Waals surface area contributed by atoms with Gasteiger partial charge in [-0.25, -0.2) is 4.79 Å². The summed E-state index contributed by atoms with van der Waals surface area (Å²) in [5, 5.41) is 0. The third-order valence-electron chi connectivity index (χ3n) is 3.85. The lowest BCUT2D eigenvalue weighted by molar-refractivity contribution is -0.0160. The molecule has 2 heterocycles. The zero-order valence-corrected chi connectivity index (χ0v) is 11.2. The van der Waals surface area contributed by atoms with Crippen molar-refractivity contribution in [1.29, 1.82) is 0 Å². The second-order valence-electron chi connectivity index (χ2n) is 5.19. The summed E-state index contributed by atoms with van der Waals surface area (Å²) in [6, 6.07) is 8.98. The highest BCUT2D eigenvalue weighted by Gasteiger charge is 2.48. The van der Waals surface area contributed by atoms with E-state index in [4.69, 9.17) is 14.2 Å². The fraction of sp³-hybridized carbons (Fsp3) is 0.438. The molecule has 0 saturated carbocycles. The lowest BCUT2D eigenvalue weighted by Gasteiger charge is -2.16. The highest BCUT2D eigenvalue weighted by atomic mass is 16.6. The minimum absolute atomic E-state index is 0.0153. The molecule has 0 bridgehead atoms. The van der Waals surface area contributed by atoms with Gasteiger partial charge < -0.3 is 14.2 Å². The summed E-state index contributed by atoms with van der Waals surface area (Å²) >= 11 is 0. The standard InChI is InChI=1S/C16H18O4/c1-2-6-12-9-18-15-13(10-19-14(12)15)20-16(17)11-7-4-3-5-8-11/h2-5,7-8,12-15H,1,6,9-10H2/t12-,13-,14+,15+/m0/s1. The molecule has 3 rings (SSSR count). The molecule has 0 unspecified atom stereocenters. The molecule has 0 amide bonds. The first-order valence-electron chi connectivity index (χ1n) is 6.89. The zero-order valence-electron chi connectivity index (χ0n) is 11.2. The molecule has 1 aromatic rings. The van der Waals surface area contributed by atoms with Crippen LogP contribution in [0.25, 0.3) is 0 Å². The third-order valence-corrected chi connectivity index (χ3v) is 3.85. The summed E-state index contributed by atoms with van der Waals surface area (Å²) in [5.74, 6) is -0.00597. The van der Waals surface area contributed by atoms with Crippen molar-refractivity contribution in [3.8, 4) is 0 Å². The van der Waals surface area contributed by atoms with E-state index in [1.54, 1.807) is 12.1 Å². The van der Waals surface area contributed by atoms with E-state index in [1.165, 1.54) is 0 Å². The number of carbonyl (C=O) groups is 1. The summed E-state index contributed by atoms with van der Waals surface area (Å²) in [4.78, 5) is 12.0.